The van der Waals surface area contributed by atoms with Crippen LogP contribution in [0.25, 0.3) is 0 Å². The molecule has 0 radical (unpaired) electrons. The van der Waals surface area contributed by atoms with Crippen LogP contribution in [0.2, 0.25) is 0 Å². The second-order valence-electron chi connectivity index (χ2n) is 5.41. The molecule has 0 aliphatic carbocycles. The van der Waals surface area contributed by atoms with Gasteiger partial charge in [-0.05, 0) is 46.8 Å². The van der Waals surface area contributed by atoms with Crippen LogP contribution < -0.4 is 5.73 Å². The summed E-state index contributed by atoms with van der Waals surface area (Å²) in [5, 5.41) is 0. The lowest BCUT2D eigenvalue weighted by Gasteiger charge is -2.22. The first-order valence-electron chi connectivity index (χ1n) is 6.65. The minimum Gasteiger partial charge on any atom is -0.327 e. The van der Waals surface area contributed by atoms with Gasteiger partial charge >= 0.3 is 0 Å². The van der Waals surface area contributed by atoms with Gasteiger partial charge in [0.1, 0.15) is 0 Å². The monoisotopic (exact) mass is 362 g/mol. The molecule has 1 aromatic rings. The zero-order valence-corrected chi connectivity index (χ0v) is 14.8. The van der Waals surface area contributed by atoms with Gasteiger partial charge in [-0.2, -0.15) is 0 Å². The van der Waals surface area contributed by atoms with Gasteiger partial charge in [-0.1, -0.05) is 26.0 Å². The molecule has 0 spiro atoms. The van der Waals surface area contributed by atoms with Crippen LogP contribution in [0.3, 0.4) is 0 Å². The second-order valence-corrected chi connectivity index (χ2v) is 8.22. The van der Waals surface area contributed by atoms with E-state index >= 15 is 0 Å². The third-order valence-electron chi connectivity index (χ3n) is 3.48. The summed E-state index contributed by atoms with van der Waals surface area (Å²) in [6.07, 6.45) is 0.650. The van der Waals surface area contributed by atoms with Gasteiger partial charge < -0.3 is 5.73 Å². The van der Waals surface area contributed by atoms with Crippen LogP contribution in [-0.4, -0.2) is 32.4 Å². The number of aryl methyl sites for hydroxylation is 1. The molecule has 0 saturated carbocycles. The highest BCUT2D eigenvalue weighted by molar-refractivity contribution is 9.10. The Hall–Kier alpha value is -0.430. The maximum atomic E-state index is 12.5. The molecule has 1 atom stereocenters. The number of halogens is 1. The molecule has 0 bridgehead atoms. The van der Waals surface area contributed by atoms with E-state index < -0.39 is 10.0 Å². The normalized spacial score (nSPS) is 14.0. The Morgan fingerprint density at radius 1 is 1.35 bits per heavy atom. The molecule has 4 nitrogen and oxygen atoms in total. The molecule has 2 N–H and O–H groups in total. The van der Waals surface area contributed by atoms with Gasteiger partial charge in [-0.15, -0.1) is 0 Å². The molecule has 0 fully saturated rings. The quantitative estimate of drug-likeness (QED) is 0.845. The van der Waals surface area contributed by atoms with Crippen molar-refractivity contribution in [3.05, 3.63) is 28.2 Å². The van der Waals surface area contributed by atoms with Crippen LogP contribution in [0.5, 0.6) is 0 Å². The summed E-state index contributed by atoms with van der Waals surface area (Å²) in [4.78, 5) is 0.304. The molecular weight excluding hydrogens is 340 g/mol. The maximum Gasteiger partial charge on any atom is 0.243 e. The van der Waals surface area contributed by atoms with E-state index in [0.29, 0.717) is 28.3 Å². The SMILES string of the molecule is Cc1cccc(S(=O)(=O)N(C)CCC(N)C(C)C)c1Br. The smallest absolute Gasteiger partial charge is 0.243 e. The predicted molar refractivity (Wildman–Crippen MR) is 86.1 cm³/mol. The summed E-state index contributed by atoms with van der Waals surface area (Å²) >= 11 is 3.36. The molecule has 1 rings (SSSR count). The summed E-state index contributed by atoms with van der Waals surface area (Å²) < 4.78 is 27.1. The minimum atomic E-state index is -3.48. The van der Waals surface area contributed by atoms with Gasteiger partial charge in [-0.3, -0.25) is 0 Å². The molecule has 114 valence electrons. The Kier molecular flexibility index (Phi) is 6.19. The predicted octanol–water partition coefficient (Wildman–Crippen LogP) is 2.75. The molecule has 20 heavy (non-hydrogen) atoms. The van der Waals surface area contributed by atoms with Crippen molar-refractivity contribution in [1.82, 2.24) is 4.31 Å². The van der Waals surface area contributed by atoms with E-state index in [1.165, 1.54) is 4.31 Å². The summed E-state index contributed by atoms with van der Waals surface area (Å²) in [5.74, 6) is 0.344. The Labute approximate surface area is 130 Å². The minimum absolute atomic E-state index is 0.00796. The zero-order chi connectivity index (χ0) is 15.5. The van der Waals surface area contributed by atoms with Crippen LogP contribution in [-0.2, 0) is 10.0 Å². The molecule has 0 aromatic heterocycles. The fraction of sp³-hybridized carbons (Fsp3) is 0.571. The lowest BCUT2D eigenvalue weighted by Crippen LogP contribution is -2.34. The van der Waals surface area contributed by atoms with E-state index in [2.05, 4.69) is 15.9 Å². The number of hydrogen-bond acceptors (Lipinski definition) is 3. The van der Waals surface area contributed by atoms with Crippen molar-refractivity contribution in [1.29, 1.82) is 0 Å². The maximum absolute atomic E-state index is 12.5. The van der Waals surface area contributed by atoms with E-state index in [1.807, 2.05) is 26.8 Å². The highest BCUT2D eigenvalue weighted by Crippen LogP contribution is 2.27. The fourth-order valence-corrected chi connectivity index (χ4v) is 3.97. The standard InChI is InChI=1S/C14H23BrN2O2S/c1-10(2)12(16)8-9-17(4)20(18,19)13-7-5-6-11(3)14(13)15/h5-7,10,12H,8-9,16H2,1-4H3. The Balaban J connectivity index is 2.91. The molecule has 0 saturated heterocycles. The van der Waals surface area contributed by atoms with E-state index in [-0.39, 0.29) is 6.04 Å². The molecule has 1 aromatic carbocycles. The molecule has 1 unspecified atom stereocenters. The molecule has 0 heterocycles. The first kappa shape index (κ1) is 17.6. The van der Waals surface area contributed by atoms with Crippen LogP contribution in [0.1, 0.15) is 25.8 Å². The third kappa shape index (κ3) is 4.04. The lowest BCUT2D eigenvalue weighted by atomic mass is 10.0. The average Bonchev–Trinajstić information content (AvgIpc) is 2.38. The van der Waals surface area contributed by atoms with Crippen LogP contribution in [0, 0.1) is 12.8 Å². The fourth-order valence-electron chi connectivity index (χ4n) is 1.77. The topological polar surface area (TPSA) is 63.4 Å². The molecule has 0 aliphatic rings. The number of hydrogen-bond donors (Lipinski definition) is 1. The highest BCUT2D eigenvalue weighted by atomic mass is 79.9. The molecule has 0 amide bonds. The van der Waals surface area contributed by atoms with Gasteiger partial charge in [-0.25, -0.2) is 12.7 Å². The number of rotatable bonds is 6. The number of nitrogens with two attached hydrogens (primary N) is 1. The van der Waals surface area contributed by atoms with Crippen molar-refractivity contribution in [2.24, 2.45) is 11.7 Å². The van der Waals surface area contributed by atoms with E-state index in [0.717, 1.165) is 5.56 Å². The van der Waals surface area contributed by atoms with Crippen molar-refractivity contribution in [3.8, 4) is 0 Å². The van der Waals surface area contributed by atoms with Crippen molar-refractivity contribution in [3.63, 3.8) is 0 Å². The van der Waals surface area contributed by atoms with Crippen molar-refractivity contribution < 1.29 is 8.42 Å². The summed E-state index contributed by atoms with van der Waals surface area (Å²) in [7, 11) is -1.89. The van der Waals surface area contributed by atoms with E-state index in [4.69, 9.17) is 5.73 Å². The van der Waals surface area contributed by atoms with Gasteiger partial charge in [0.2, 0.25) is 10.0 Å². The van der Waals surface area contributed by atoms with Gasteiger partial charge in [0.25, 0.3) is 0 Å². The van der Waals surface area contributed by atoms with Crippen molar-refractivity contribution >= 4 is 26.0 Å². The highest BCUT2D eigenvalue weighted by Gasteiger charge is 2.24. The van der Waals surface area contributed by atoms with E-state index in [9.17, 15) is 8.42 Å². The van der Waals surface area contributed by atoms with Gasteiger partial charge in [0.05, 0.1) is 4.90 Å². The summed E-state index contributed by atoms with van der Waals surface area (Å²) in [5.41, 5.74) is 6.87. The number of sulfonamides is 1. The van der Waals surface area contributed by atoms with Crippen LogP contribution in [0.4, 0.5) is 0 Å². The summed E-state index contributed by atoms with van der Waals surface area (Å²) in [6, 6.07) is 5.25. The number of nitrogens with zero attached hydrogens (tertiary/aromatic N) is 1. The lowest BCUT2D eigenvalue weighted by molar-refractivity contribution is 0.397. The Morgan fingerprint density at radius 2 is 1.95 bits per heavy atom. The Bertz CT molecular complexity index is 558. The first-order chi connectivity index (χ1) is 9.17. The third-order valence-corrected chi connectivity index (χ3v) is 6.69. The Morgan fingerprint density at radius 3 is 2.50 bits per heavy atom. The number of benzene rings is 1. The van der Waals surface area contributed by atoms with Gasteiger partial charge in [0, 0.05) is 24.1 Å². The van der Waals surface area contributed by atoms with Crippen molar-refractivity contribution in [2.45, 2.75) is 38.1 Å². The van der Waals surface area contributed by atoms with Crippen molar-refractivity contribution in [2.75, 3.05) is 13.6 Å². The zero-order valence-electron chi connectivity index (χ0n) is 12.4. The van der Waals surface area contributed by atoms with E-state index in [1.54, 1.807) is 19.2 Å². The average molecular weight is 363 g/mol. The van der Waals surface area contributed by atoms with Crippen LogP contribution >= 0.6 is 15.9 Å². The molecule has 0 aliphatic heterocycles. The molecular formula is C14H23BrN2O2S. The largest absolute Gasteiger partial charge is 0.327 e. The van der Waals surface area contributed by atoms with Gasteiger partial charge in [0.15, 0.2) is 0 Å². The molecule has 6 heteroatoms. The second kappa shape index (κ2) is 7.02. The first-order valence-corrected chi connectivity index (χ1v) is 8.88. The van der Waals surface area contributed by atoms with Crippen LogP contribution in [0.15, 0.2) is 27.6 Å². The summed E-state index contributed by atoms with van der Waals surface area (Å²) in [6.45, 7) is 6.37.